The quantitative estimate of drug-likeness (QED) is 0.196. The SMILES string of the molecule is NC(O)c1ccc[n+]([C@@H]2O[C@H](COP(=O)(O)O)[C@@H](O)[C@H]2O)c1. The first kappa shape index (κ1) is 17.4. The molecule has 1 aromatic heterocycles. The van der Waals surface area contributed by atoms with Crippen molar-refractivity contribution >= 4 is 7.82 Å². The molecule has 2 rings (SSSR count). The molecule has 0 radical (unpaired) electrons. The van der Waals surface area contributed by atoms with Gasteiger partial charge in [0.25, 0.3) is 6.23 Å². The Hall–Kier alpha value is -0.940. The number of nitrogens with two attached hydrogens (primary N) is 1. The van der Waals surface area contributed by atoms with Crippen LogP contribution in [-0.2, 0) is 13.8 Å². The molecular weight excluding hydrogens is 319 g/mol. The average Bonchev–Trinajstić information content (AvgIpc) is 2.72. The maximum atomic E-state index is 10.7. The first-order valence-electron chi connectivity index (χ1n) is 6.35. The molecule has 1 unspecified atom stereocenters. The molecule has 0 aliphatic carbocycles. The molecule has 1 aromatic rings. The molecule has 0 bridgehead atoms. The third-order valence-electron chi connectivity index (χ3n) is 3.22. The topological polar surface area (TPSA) is 167 Å². The molecule has 0 aromatic carbocycles. The lowest BCUT2D eigenvalue weighted by molar-refractivity contribution is -0.766. The predicted molar refractivity (Wildman–Crippen MR) is 69.7 cm³/mol. The Balaban J connectivity index is 2.12. The fourth-order valence-corrected chi connectivity index (χ4v) is 2.47. The second kappa shape index (κ2) is 6.67. The second-order valence-electron chi connectivity index (χ2n) is 4.86. The first-order chi connectivity index (χ1) is 10.2. The van der Waals surface area contributed by atoms with E-state index >= 15 is 0 Å². The maximum absolute atomic E-state index is 10.7. The molecule has 2 heterocycles. The van der Waals surface area contributed by atoms with Crippen LogP contribution in [0.1, 0.15) is 18.0 Å². The van der Waals surface area contributed by atoms with Gasteiger partial charge in [-0.3, -0.25) is 4.52 Å². The molecule has 7 N–H and O–H groups in total. The van der Waals surface area contributed by atoms with E-state index in [2.05, 4.69) is 4.52 Å². The van der Waals surface area contributed by atoms with Gasteiger partial charge in [0.2, 0.25) is 0 Å². The van der Waals surface area contributed by atoms with Crippen molar-refractivity contribution in [3.8, 4) is 0 Å². The summed E-state index contributed by atoms with van der Waals surface area (Å²) in [6, 6.07) is 3.13. The highest BCUT2D eigenvalue weighted by molar-refractivity contribution is 7.46. The van der Waals surface area contributed by atoms with Gasteiger partial charge in [-0.15, -0.1) is 0 Å². The largest absolute Gasteiger partial charge is 0.469 e. The molecule has 0 amide bonds. The van der Waals surface area contributed by atoms with E-state index in [9.17, 15) is 19.9 Å². The number of nitrogens with zero attached hydrogens (tertiary/aromatic N) is 1. The van der Waals surface area contributed by atoms with E-state index in [1.54, 1.807) is 12.1 Å². The number of ether oxygens (including phenoxy) is 1. The summed E-state index contributed by atoms with van der Waals surface area (Å²) in [7, 11) is -4.71. The van der Waals surface area contributed by atoms with Crippen molar-refractivity contribution < 1.29 is 43.5 Å². The predicted octanol–water partition coefficient (Wildman–Crippen LogP) is -2.35. The minimum absolute atomic E-state index is 0.364. The number of hydrogen-bond acceptors (Lipinski definition) is 7. The van der Waals surface area contributed by atoms with Crippen LogP contribution in [0.25, 0.3) is 0 Å². The van der Waals surface area contributed by atoms with Crippen LogP contribution < -0.4 is 10.3 Å². The van der Waals surface area contributed by atoms with Crippen LogP contribution >= 0.6 is 7.82 Å². The fraction of sp³-hybridized carbons (Fsp3) is 0.545. The highest BCUT2D eigenvalue weighted by Gasteiger charge is 2.48. The molecular formula is C11H18N2O8P+. The molecule has 5 atom stereocenters. The van der Waals surface area contributed by atoms with E-state index in [1.807, 2.05) is 0 Å². The van der Waals surface area contributed by atoms with Crippen molar-refractivity contribution in [3.05, 3.63) is 30.1 Å². The Kier molecular flexibility index (Phi) is 5.28. The summed E-state index contributed by atoms with van der Waals surface area (Å²) < 4.78 is 21.7. The number of rotatable bonds is 5. The van der Waals surface area contributed by atoms with E-state index < -0.39 is 45.2 Å². The molecule has 0 spiro atoms. The van der Waals surface area contributed by atoms with Crippen LogP contribution in [-0.4, -0.2) is 50.0 Å². The molecule has 1 saturated heterocycles. The molecule has 1 aliphatic rings. The Bertz CT molecular complexity index is 565. The monoisotopic (exact) mass is 337 g/mol. The Labute approximate surface area is 125 Å². The molecule has 22 heavy (non-hydrogen) atoms. The Morgan fingerprint density at radius 1 is 1.41 bits per heavy atom. The minimum atomic E-state index is -4.71. The first-order valence-corrected chi connectivity index (χ1v) is 7.88. The highest BCUT2D eigenvalue weighted by atomic mass is 31.2. The standard InChI is InChI=1S/C11H17N2O8P/c12-10(16)6-2-1-3-13(4-6)11-9(15)8(14)7(21-11)5-20-22(17,18)19/h1-4,7-11,14-16H,5,12H2,(H-,17,18,19)/p+1/t7-,8-,9-,10?,11-/m1/s1. The molecule has 124 valence electrons. The van der Waals surface area contributed by atoms with Crippen LogP contribution in [0.4, 0.5) is 0 Å². The summed E-state index contributed by atoms with van der Waals surface area (Å²) in [6.45, 7) is -0.585. The number of hydrogen-bond donors (Lipinski definition) is 6. The van der Waals surface area contributed by atoms with Gasteiger partial charge in [0.15, 0.2) is 18.5 Å². The van der Waals surface area contributed by atoms with Gasteiger partial charge in [-0.2, -0.15) is 4.57 Å². The van der Waals surface area contributed by atoms with E-state index in [0.717, 1.165) is 0 Å². The number of aliphatic hydroxyl groups is 3. The molecule has 1 fully saturated rings. The summed E-state index contributed by atoms with van der Waals surface area (Å²) in [5.74, 6) is 0. The van der Waals surface area contributed by atoms with Gasteiger partial charge in [0, 0.05) is 6.07 Å². The summed E-state index contributed by atoms with van der Waals surface area (Å²) in [6.07, 6.45) is -3.14. The van der Waals surface area contributed by atoms with Gasteiger partial charge < -0.3 is 35.6 Å². The molecule has 0 saturated carbocycles. The van der Waals surface area contributed by atoms with Crippen LogP contribution in [0.15, 0.2) is 24.5 Å². The van der Waals surface area contributed by atoms with Gasteiger partial charge >= 0.3 is 7.82 Å². The van der Waals surface area contributed by atoms with E-state index in [0.29, 0.717) is 5.56 Å². The van der Waals surface area contributed by atoms with Crippen molar-refractivity contribution in [2.45, 2.75) is 30.8 Å². The van der Waals surface area contributed by atoms with Crippen molar-refractivity contribution in [3.63, 3.8) is 0 Å². The van der Waals surface area contributed by atoms with Crippen LogP contribution in [0.2, 0.25) is 0 Å². The summed E-state index contributed by atoms with van der Waals surface area (Å²) >= 11 is 0. The lowest BCUT2D eigenvalue weighted by atomic mass is 10.1. The molecule has 1 aliphatic heterocycles. The third kappa shape index (κ3) is 4.07. The van der Waals surface area contributed by atoms with E-state index in [4.69, 9.17) is 20.3 Å². The van der Waals surface area contributed by atoms with E-state index in [-0.39, 0.29) is 0 Å². The van der Waals surface area contributed by atoms with Crippen LogP contribution in [0.5, 0.6) is 0 Å². The van der Waals surface area contributed by atoms with Gasteiger partial charge in [-0.25, -0.2) is 4.57 Å². The van der Waals surface area contributed by atoms with Gasteiger partial charge in [0.1, 0.15) is 18.4 Å². The van der Waals surface area contributed by atoms with Gasteiger partial charge in [-0.1, -0.05) is 0 Å². The van der Waals surface area contributed by atoms with Crippen molar-refractivity contribution in [2.75, 3.05) is 6.61 Å². The molecule has 11 heteroatoms. The number of phosphoric ester groups is 1. The normalized spacial score (nSPS) is 30.5. The smallest absolute Gasteiger partial charge is 0.387 e. The lowest BCUT2D eigenvalue weighted by Gasteiger charge is -2.13. The zero-order valence-corrected chi connectivity index (χ0v) is 12.2. The van der Waals surface area contributed by atoms with Crippen molar-refractivity contribution in [1.82, 2.24) is 0 Å². The number of pyridine rings is 1. The molecule has 10 nitrogen and oxygen atoms in total. The summed E-state index contributed by atoms with van der Waals surface area (Å²) in [5, 5.41) is 29.2. The van der Waals surface area contributed by atoms with Gasteiger partial charge in [-0.05, 0) is 6.07 Å². The fourth-order valence-electron chi connectivity index (χ4n) is 2.13. The summed E-state index contributed by atoms with van der Waals surface area (Å²) in [4.78, 5) is 17.3. The number of phosphoric acid groups is 1. The number of aromatic nitrogens is 1. The zero-order valence-electron chi connectivity index (χ0n) is 11.3. The average molecular weight is 337 g/mol. The third-order valence-corrected chi connectivity index (χ3v) is 3.71. The Morgan fingerprint density at radius 3 is 2.68 bits per heavy atom. The van der Waals surface area contributed by atoms with Crippen molar-refractivity contribution in [2.24, 2.45) is 5.73 Å². The minimum Gasteiger partial charge on any atom is -0.387 e. The zero-order chi connectivity index (χ0) is 16.5. The number of aliphatic hydroxyl groups excluding tert-OH is 3. The van der Waals surface area contributed by atoms with Crippen molar-refractivity contribution in [1.29, 1.82) is 0 Å². The van der Waals surface area contributed by atoms with Crippen LogP contribution in [0.3, 0.4) is 0 Å². The van der Waals surface area contributed by atoms with Gasteiger partial charge in [0.05, 0.1) is 12.2 Å². The maximum Gasteiger partial charge on any atom is 0.469 e. The van der Waals surface area contributed by atoms with E-state index in [1.165, 1.54) is 17.0 Å². The summed E-state index contributed by atoms with van der Waals surface area (Å²) in [5.41, 5.74) is 5.71. The lowest BCUT2D eigenvalue weighted by Crippen LogP contribution is -2.46. The second-order valence-corrected chi connectivity index (χ2v) is 6.10. The van der Waals surface area contributed by atoms with Crippen LogP contribution in [0, 0.1) is 0 Å². The Morgan fingerprint density at radius 2 is 2.09 bits per heavy atom. The highest BCUT2D eigenvalue weighted by Crippen LogP contribution is 2.37.